The third-order valence-corrected chi connectivity index (χ3v) is 11.1. The van der Waals surface area contributed by atoms with Crippen molar-refractivity contribution in [1.82, 2.24) is 25.3 Å². The number of rotatable bonds is 21. The molecule has 0 radical (unpaired) electrons. The molecular formula is C43H74N6O8. The van der Waals surface area contributed by atoms with Crippen molar-refractivity contribution in [3.05, 3.63) is 35.9 Å². The van der Waals surface area contributed by atoms with Crippen LogP contribution in [0, 0.1) is 17.8 Å². The summed E-state index contributed by atoms with van der Waals surface area (Å²) < 4.78 is 17.7. The summed E-state index contributed by atoms with van der Waals surface area (Å²) in [6.07, 6.45) is 0.886. The van der Waals surface area contributed by atoms with Crippen LogP contribution in [-0.2, 0) is 44.6 Å². The highest BCUT2D eigenvalue weighted by Gasteiger charge is 2.43. The molecule has 14 nitrogen and oxygen atoms in total. The Bertz CT molecular complexity index is 1440. The lowest BCUT2D eigenvalue weighted by Gasteiger charge is -2.41. The maximum atomic E-state index is 14.3. The maximum absolute atomic E-state index is 14.3. The van der Waals surface area contributed by atoms with E-state index in [0.29, 0.717) is 25.8 Å². The van der Waals surface area contributed by atoms with Crippen LogP contribution in [0.4, 0.5) is 0 Å². The number of amides is 4. The van der Waals surface area contributed by atoms with Crippen LogP contribution < -0.4 is 16.4 Å². The second kappa shape index (κ2) is 22.5. The van der Waals surface area contributed by atoms with Gasteiger partial charge in [0.05, 0.1) is 42.7 Å². The quantitative estimate of drug-likeness (QED) is 0.157. The highest BCUT2D eigenvalue weighted by atomic mass is 16.6. The van der Waals surface area contributed by atoms with Gasteiger partial charge in [-0.15, -0.1) is 0 Å². The second-order valence-electron chi connectivity index (χ2n) is 17.4. The van der Waals surface area contributed by atoms with E-state index in [9.17, 15) is 24.0 Å². The predicted octanol–water partition coefficient (Wildman–Crippen LogP) is 3.39. The Morgan fingerprint density at radius 1 is 0.930 bits per heavy atom. The molecular weight excluding hydrogens is 729 g/mol. The normalized spacial score (nSPS) is 19.5. The first kappa shape index (κ1) is 49.6. The van der Waals surface area contributed by atoms with Gasteiger partial charge in [0.25, 0.3) is 0 Å². The number of nitrogens with zero attached hydrogens (tertiary/aromatic N) is 3. The van der Waals surface area contributed by atoms with Crippen molar-refractivity contribution in [2.75, 3.05) is 41.9 Å². The Morgan fingerprint density at radius 2 is 1.54 bits per heavy atom. The number of ether oxygens (including phenoxy) is 3. The van der Waals surface area contributed by atoms with Crippen LogP contribution in [0.25, 0.3) is 0 Å². The van der Waals surface area contributed by atoms with Crippen LogP contribution in [0.2, 0.25) is 0 Å². The summed E-state index contributed by atoms with van der Waals surface area (Å²) in [6.45, 7) is 17.2. The Labute approximate surface area is 342 Å². The Balaban J connectivity index is 2.32. The van der Waals surface area contributed by atoms with Gasteiger partial charge in [0.15, 0.2) is 0 Å². The third kappa shape index (κ3) is 14.0. The van der Waals surface area contributed by atoms with Gasteiger partial charge in [-0.2, -0.15) is 0 Å². The van der Waals surface area contributed by atoms with Gasteiger partial charge in [0.1, 0.15) is 17.7 Å². The first-order valence-electron chi connectivity index (χ1n) is 20.5. The monoisotopic (exact) mass is 803 g/mol. The molecule has 1 aromatic carbocycles. The molecule has 2 rings (SSSR count). The lowest BCUT2D eigenvalue weighted by Crippen LogP contribution is -2.62. The number of carbonyl (C=O) groups excluding carboxylic acids is 5. The van der Waals surface area contributed by atoms with E-state index in [0.717, 1.165) is 5.56 Å². The maximum Gasteiger partial charge on any atom is 0.329 e. The van der Waals surface area contributed by atoms with Crippen LogP contribution in [0.1, 0.15) is 93.6 Å². The van der Waals surface area contributed by atoms with E-state index in [1.54, 1.807) is 51.5 Å². The van der Waals surface area contributed by atoms with Gasteiger partial charge in [-0.05, 0) is 72.0 Å². The Morgan fingerprint density at radius 3 is 2.04 bits per heavy atom. The summed E-state index contributed by atoms with van der Waals surface area (Å²) in [5.41, 5.74) is 6.45. The third-order valence-electron chi connectivity index (χ3n) is 11.1. The van der Waals surface area contributed by atoms with Gasteiger partial charge in [0.2, 0.25) is 23.6 Å². The number of methoxy groups -OCH3 is 2. The number of nitrogens with two attached hydrogens (primary N) is 1. The highest BCUT2D eigenvalue weighted by Crippen LogP contribution is 2.30. The fraction of sp³-hybridized carbons (Fsp3) is 0.744. The van der Waals surface area contributed by atoms with Crippen LogP contribution in [0.5, 0.6) is 0 Å². The van der Waals surface area contributed by atoms with Gasteiger partial charge in [-0.25, -0.2) is 4.79 Å². The average Bonchev–Trinajstić information content (AvgIpc) is 3.62. The molecule has 1 aliphatic rings. The van der Waals surface area contributed by atoms with Gasteiger partial charge >= 0.3 is 5.97 Å². The standard InChI is InChI=1S/C43H74N6O8/c1-15-27(4)37(48(12)41(53)35(29(6)44)46-40(52)36(26(2)3)47(10)11)33(55-13)25-34(50)49-23-19-22-32(49)38(56-14)28(5)39(51)45-31(42(54)57-43(7,8)9)24-30-20-17-16-18-21-30/h16-18,20-21,26-29,31-33,35-38H,15,19,22-25,44H2,1-14H3,(H,45,51)(H,46,52)/t27-,28+,29-,31-,32-,33+,35-,36-,37-,38+/m0/s1. The van der Waals surface area contributed by atoms with E-state index in [1.807, 2.05) is 77.0 Å². The second-order valence-corrected chi connectivity index (χ2v) is 17.4. The number of carbonyl (C=O) groups is 5. The molecule has 0 aliphatic carbocycles. The largest absolute Gasteiger partial charge is 0.458 e. The lowest BCUT2D eigenvalue weighted by atomic mass is 9.89. The Hall–Kier alpha value is -3.59. The molecule has 1 aromatic rings. The molecule has 324 valence electrons. The first-order valence-corrected chi connectivity index (χ1v) is 20.5. The number of benzene rings is 1. The van der Waals surface area contributed by atoms with Crippen LogP contribution in [0.15, 0.2) is 30.3 Å². The molecule has 4 amide bonds. The molecule has 1 saturated heterocycles. The minimum atomic E-state index is -0.996. The molecule has 0 saturated carbocycles. The van der Waals surface area contributed by atoms with Crippen molar-refractivity contribution in [2.24, 2.45) is 23.5 Å². The summed E-state index contributed by atoms with van der Waals surface area (Å²) in [4.78, 5) is 74.2. The number of likely N-dealkylation sites (N-methyl/N-ethyl adjacent to an activating group) is 2. The highest BCUT2D eigenvalue weighted by molar-refractivity contribution is 5.91. The molecule has 57 heavy (non-hydrogen) atoms. The van der Waals surface area contributed by atoms with Crippen molar-refractivity contribution in [3.8, 4) is 0 Å². The summed E-state index contributed by atoms with van der Waals surface area (Å²) in [6, 6.07) is 5.40. The minimum absolute atomic E-state index is 0.00316. The lowest BCUT2D eigenvalue weighted by molar-refractivity contribution is -0.159. The first-order chi connectivity index (χ1) is 26.6. The van der Waals surface area contributed by atoms with Crippen LogP contribution in [0.3, 0.4) is 0 Å². The summed E-state index contributed by atoms with van der Waals surface area (Å²) in [7, 11) is 8.37. The fourth-order valence-corrected chi connectivity index (χ4v) is 8.03. The van der Waals surface area contributed by atoms with Gasteiger partial charge < -0.3 is 40.4 Å². The van der Waals surface area contributed by atoms with Crippen LogP contribution in [-0.4, -0.2) is 140 Å². The summed E-state index contributed by atoms with van der Waals surface area (Å²) in [5.74, 6) is -2.57. The van der Waals surface area contributed by atoms with E-state index in [-0.39, 0.29) is 48.3 Å². The molecule has 4 N–H and O–H groups in total. The molecule has 0 spiro atoms. The van der Waals surface area contributed by atoms with Crippen molar-refractivity contribution in [2.45, 2.75) is 148 Å². The van der Waals surface area contributed by atoms with Crippen molar-refractivity contribution >= 4 is 29.6 Å². The van der Waals surface area contributed by atoms with Crippen molar-refractivity contribution in [3.63, 3.8) is 0 Å². The number of esters is 1. The minimum Gasteiger partial charge on any atom is -0.458 e. The predicted molar refractivity (Wildman–Crippen MR) is 222 cm³/mol. The van der Waals surface area contributed by atoms with E-state index in [2.05, 4.69) is 10.6 Å². The molecule has 0 unspecified atom stereocenters. The zero-order chi connectivity index (χ0) is 43.4. The van der Waals surface area contributed by atoms with E-state index < -0.39 is 65.9 Å². The number of hydrogen-bond acceptors (Lipinski definition) is 10. The zero-order valence-electron chi connectivity index (χ0n) is 37.2. The topological polar surface area (TPSA) is 173 Å². The molecule has 1 aliphatic heterocycles. The van der Waals surface area contributed by atoms with Crippen molar-refractivity contribution < 1.29 is 38.2 Å². The molecule has 1 fully saturated rings. The number of hydrogen-bond donors (Lipinski definition) is 3. The van der Waals surface area contributed by atoms with Gasteiger partial charge in [0, 0.05) is 40.3 Å². The SMILES string of the molecule is CC[C@H](C)[C@@H]([C@@H](CC(=O)N1CCC[C@H]1[C@H](OC)[C@@H](C)C(=O)N[C@@H](Cc1ccccc1)C(=O)OC(C)(C)C)OC)N(C)C(=O)[C@@H](NC(=O)[C@H](C(C)C)N(C)C)[C@H](C)N. The van der Waals surface area contributed by atoms with E-state index in [4.69, 9.17) is 19.9 Å². The number of likely N-dealkylation sites (tertiary alicyclic amines) is 1. The van der Waals surface area contributed by atoms with E-state index >= 15 is 0 Å². The fourth-order valence-electron chi connectivity index (χ4n) is 8.03. The zero-order valence-corrected chi connectivity index (χ0v) is 37.2. The molecule has 0 aromatic heterocycles. The van der Waals surface area contributed by atoms with Gasteiger partial charge in [-0.3, -0.25) is 24.1 Å². The molecule has 0 bridgehead atoms. The van der Waals surface area contributed by atoms with Gasteiger partial charge in [-0.1, -0.05) is 71.4 Å². The van der Waals surface area contributed by atoms with Crippen molar-refractivity contribution in [1.29, 1.82) is 0 Å². The van der Waals surface area contributed by atoms with Crippen LogP contribution >= 0.6 is 0 Å². The smallest absolute Gasteiger partial charge is 0.329 e. The molecule has 10 atom stereocenters. The number of nitrogens with one attached hydrogen (secondary N) is 2. The average molecular weight is 803 g/mol. The summed E-state index contributed by atoms with van der Waals surface area (Å²) in [5, 5.41) is 5.83. The molecule has 1 heterocycles. The van der Waals surface area contributed by atoms with E-state index in [1.165, 1.54) is 14.2 Å². The Kier molecular flexibility index (Phi) is 19.6. The summed E-state index contributed by atoms with van der Waals surface area (Å²) >= 11 is 0. The molecule has 14 heteroatoms.